The average Bonchev–Trinajstić information content (AvgIpc) is 3.08. The largest absolute Gasteiger partial charge is 0.322 e. The number of hydrogen-bond donors (Lipinski definition) is 2. The van der Waals surface area contributed by atoms with Crippen LogP contribution in [0.3, 0.4) is 0 Å². The zero-order chi connectivity index (χ0) is 16.9. The Morgan fingerprint density at radius 3 is 2.33 bits per heavy atom. The van der Waals surface area contributed by atoms with Gasteiger partial charge in [0.25, 0.3) is 11.8 Å². The number of carbonyl (C=O) groups is 2. The molecule has 0 aliphatic rings. The fourth-order valence-electron chi connectivity index (χ4n) is 1.98. The van der Waals surface area contributed by atoms with Gasteiger partial charge in [-0.1, -0.05) is 17.7 Å². The molecular formula is C16H12ClN5O2. The van der Waals surface area contributed by atoms with Crippen LogP contribution >= 0.6 is 11.6 Å². The lowest BCUT2D eigenvalue weighted by atomic mass is 10.1. The third-order valence-electron chi connectivity index (χ3n) is 3.14. The first-order valence-electron chi connectivity index (χ1n) is 6.95. The van der Waals surface area contributed by atoms with Crippen molar-refractivity contribution in [3.05, 3.63) is 77.3 Å². The van der Waals surface area contributed by atoms with Crippen LogP contribution in [0.5, 0.6) is 0 Å². The van der Waals surface area contributed by atoms with E-state index in [-0.39, 0.29) is 11.8 Å². The fourth-order valence-corrected chi connectivity index (χ4v) is 2.11. The van der Waals surface area contributed by atoms with Gasteiger partial charge in [-0.15, -0.1) is 10.2 Å². The van der Waals surface area contributed by atoms with Crippen molar-refractivity contribution in [2.24, 2.45) is 0 Å². The molecule has 2 amide bonds. The molecule has 8 heteroatoms. The first kappa shape index (κ1) is 15.7. The van der Waals surface area contributed by atoms with E-state index in [0.29, 0.717) is 21.8 Å². The van der Waals surface area contributed by atoms with Crippen LogP contribution < -0.4 is 10.7 Å². The Balaban J connectivity index is 1.71. The Bertz CT molecular complexity index is 862. The van der Waals surface area contributed by atoms with E-state index in [1.54, 1.807) is 48.5 Å². The summed E-state index contributed by atoms with van der Waals surface area (Å²) in [6.45, 7) is 0. The van der Waals surface area contributed by atoms with Crippen molar-refractivity contribution in [3.8, 4) is 0 Å². The second-order valence-electron chi connectivity index (χ2n) is 4.85. The lowest BCUT2D eigenvalue weighted by molar-refractivity contribution is 0.100. The molecule has 7 nitrogen and oxygen atoms in total. The smallest absolute Gasteiger partial charge is 0.270 e. The molecule has 1 heterocycles. The van der Waals surface area contributed by atoms with Crippen LogP contribution in [0, 0.1) is 0 Å². The summed E-state index contributed by atoms with van der Waals surface area (Å²) >= 11 is 5.80. The van der Waals surface area contributed by atoms with Crippen molar-refractivity contribution in [2.75, 3.05) is 10.7 Å². The standard InChI is InChI=1S/C16H12ClN5O2/c17-13-6-4-11(5-7-13)15(23)20-14-3-1-2-12(8-14)16(24)21-22-9-18-19-10-22/h1-10H,(H,20,23)(H,21,24). The number of nitrogens with one attached hydrogen (secondary N) is 2. The molecule has 0 bridgehead atoms. The molecule has 3 rings (SSSR count). The van der Waals surface area contributed by atoms with Crippen LogP contribution in [-0.2, 0) is 0 Å². The minimum atomic E-state index is -0.350. The molecule has 24 heavy (non-hydrogen) atoms. The zero-order valence-corrected chi connectivity index (χ0v) is 13.1. The number of nitrogens with zero attached hydrogens (tertiary/aromatic N) is 3. The van der Waals surface area contributed by atoms with E-state index in [0.717, 1.165) is 0 Å². The molecule has 0 unspecified atom stereocenters. The summed E-state index contributed by atoms with van der Waals surface area (Å²) in [5, 5.41) is 10.5. The highest BCUT2D eigenvalue weighted by Crippen LogP contribution is 2.14. The maximum Gasteiger partial charge on any atom is 0.270 e. The molecule has 1 aromatic heterocycles. The van der Waals surface area contributed by atoms with E-state index in [1.165, 1.54) is 17.3 Å². The highest BCUT2D eigenvalue weighted by Gasteiger charge is 2.09. The van der Waals surface area contributed by atoms with Gasteiger partial charge in [-0.05, 0) is 42.5 Å². The number of aromatic nitrogens is 3. The Morgan fingerprint density at radius 1 is 0.917 bits per heavy atom. The number of rotatable bonds is 4. The second kappa shape index (κ2) is 6.93. The molecule has 3 aromatic rings. The maximum absolute atomic E-state index is 12.2. The third kappa shape index (κ3) is 3.76. The van der Waals surface area contributed by atoms with Crippen LogP contribution in [0.4, 0.5) is 5.69 Å². The molecule has 0 aliphatic heterocycles. The van der Waals surface area contributed by atoms with Gasteiger partial charge in [-0.2, -0.15) is 0 Å². The van der Waals surface area contributed by atoms with Crippen molar-refractivity contribution in [1.29, 1.82) is 0 Å². The Labute approximate surface area is 142 Å². The first-order valence-corrected chi connectivity index (χ1v) is 7.32. The minimum Gasteiger partial charge on any atom is -0.322 e. The van der Waals surface area contributed by atoms with E-state index >= 15 is 0 Å². The number of amides is 2. The van der Waals surface area contributed by atoms with Crippen LogP contribution in [-0.4, -0.2) is 26.7 Å². The SMILES string of the molecule is O=C(Nc1cccc(C(=O)Nn2cnnc2)c1)c1ccc(Cl)cc1. The van der Waals surface area contributed by atoms with Crippen molar-refractivity contribution in [3.63, 3.8) is 0 Å². The maximum atomic E-state index is 12.2. The van der Waals surface area contributed by atoms with Crippen LogP contribution in [0.25, 0.3) is 0 Å². The van der Waals surface area contributed by atoms with Crippen LogP contribution in [0.2, 0.25) is 5.02 Å². The fraction of sp³-hybridized carbons (Fsp3) is 0. The predicted octanol–water partition coefficient (Wildman–Crippen LogP) is 2.57. The van der Waals surface area contributed by atoms with Gasteiger partial charge >= 0.3 is 0 Å². The number of halogens is 1. The van der Waals surface area contributed by atoms with Gasteiger partial charge in [-0.3, -0.25) is 15.0 Å². The van der Waals surface area contributed by atoms with Crippen LogP contribution in [0.1, 0.15) is 20.7 Å². The minimum absolute atomic E-state index is 0.289. The molecule has 0 spiro atoms. The van der Waals surface area contributed by atoms with Gasteiger partial charge in [0.2, 0.25) is 0 Å². The van der Waals surface area contributed by atoms with E-state index < -0.39 is 0 Å². The molecular weight excluding hydrogens is 330 g/mol. The van der Waals surface area contributed by atoms with Crippen molar-refractivity contribution in [1.82, 2.24) is 14.9 Å². The normalized spacial score (nSPS) is 10.2. The summed E-state index contributed by atoms with van der Waals surface area (Å²) in [5.74, 6) is -0.638. The topological polar surface area (TPSA) is 88.9 Å². The molecule has 120 valence electrons. The van der Waals surface area contributed by atoms with Crippen molar-refractivity contribution in [2.45, 2.75) is 0 Å². The summed E-state index contributed by atoms with van der Waals surface area (Å²) < 4.78 is 1.33. The zero-order valence-electron chi connectivity index (χ0n) is 12.3. The second-order valence-corrected chi connectivity index (χ2v) is 5.29. The Kier molecular flexibility index (Phi) is 4.53. The highest BCUT2D eigenvalue weighted by atomic mass is 35.5. The average molecular weight is 342 g/mol. The van der Waals surface area contributed by atoms with Gasteiger partial charge in [-0.25, -0.2) is 4.68 Å². The number of anilines is 1. The quantitative estimate of drug-likeness (QED) is 0.763. The summed E-state index contributed by atoms with van der Waals surface area (Å²) in [4.78, 5) is 24.3. The molecule has 0 saturated carbocycles. The first-order chi connectivity index (χ1) is 11.6. The van der Waals surface area contributed by atoms with E-state index in [9.17, 15) is 9.59 Å². The lowest BCUT2D eigenvalue weighted by Gasteiger charge is -2.08. The van der Waals surface area contributed by atoms with Gasteiger partial charge in [0, 0.05) is 21.8 Å². The number of hydrogen-bond acceptors (Lipinski definition) is 4. The summed E-state index contributed by atoms with van der Waals surface area (Å²) in [7, 11) is 0. The predicted molar refractivity (Wildman–Crippen MR) is 89.6 cm³/mol. The Hall–Kier alpha value is -3.19. The molecule has 0 radical (unpaired) electrons. The monoisotopic (exact) mass is 341 g/mol. The molecule has 0 saturated heterocycles. The molecule has 2 aromatic carbocycles. The Morgan fingerprint density at radius 2 is 1.62 bits per heavy atom. The lowest BCUT2D eigenvalue weighted by Crippen LogP contribution is -2.21. The van der Waals surface area contributed by atoms with Gasteiger partial charge < -0.3 is 5.32 Å². The summed E-state index contributed by atoms with van der Waals surface area (Å²) in [5.41, 5.74) is 3.95. The van der Waals surface area contributed by atoms with Crippen molar-refractivity contribution >= 4 is 29.1 Å². The molecule has 0 atom stereocenters. The van der Waals surface area contributed by atoms with Gasteiger partial charge in [0.05, 0.1) is 0 Å². The van der Waals surface area contributed by atoms with Gasteiger partial charge in [0.15, 0.2) is 0 Å². The highest BCUT2D eigenvalue weighted by molar-refractivity contribution is 6.30. The van der Waals surface area contributed by atoms with Crippen molar-refractivity contribution < 1.29 is 9.59 Å². The molecule has 0 fully saturated rings. The van der Waals surface area contributed by atoms with Gasteiger partial charge in [0.1, 0.15) is 12.7 Å². The number of carbonyl (C=O) groups excluding carboxylic acids is 2. The third-order valence-corrected chi connectivity index (χ3v) is 3.39. The summed E-state index contributed by atoms with van der Waals surface area (Å²) in [6.07, 6.45) is 2.73. The van der Waals surface area contributed by atoms with E-state index in [1.807, 2.05) is 0 Å². The van der Waals surface area contributed by atoms with E-state index in [4.69, 9.17) is 11.6 Å². The number of benzene rings is 2. The molecule has 2 N–H and O–H groups in total. The van der Waals surface area contributed by atoms with Crippen LogP contribution in [0.15, 0.2) is 61.2 Å². The van der Waals surface area contributed by atoms with E-state index in [2.05, 4.69) is 20.9 Å². The molecule has 0 aliphatic carbocycles. The summed E-state index contributed by atoms with van der Waals surface area (Å²) in [6, 6.07) is 13.1.